The second-order valence-electron chi connectivity index (χ2n) is 4.72. The standard InChI is InChI=1S/C13H13ClN4O2/c14-7-3-1-2-6(4-7)8-5-9(19)16-11-10(8)12(20)18-13(15)17-11/h1-4,8-9,19H,5H2,(H4,15,16,17,18,20). The van der Waals surface area contributed by atoms with Gasteiger partial charge in [-0.2, -0.15) is 4.98 Å². The predicted octanol–water partition coefficient (Wildman–Crippen LogP) is 1.27. The van der Waals surface area contributed by atoms with E-state index in [1.54, 1.807) is 12.1 Å². The molecule has 0 amide bonds. The normalized spacial score (nSPS) is 21.1. The van der Waals surface area contributed by atoms with Gasteiger partial charge in [-0.05, 0) is 17.7 Å². The first-order valence-corrected chi connectivity index (χ1v) is 6.52. The molecule has 5 N–H and O–H groups in total. The first-order chi connectivity index (χ1) is 9.54. The molecule has 1 aliphatic heterocycles. The number of H-pyrrole nitrogens is 1. The van der Waals surface area contributed by atoms with Gasteiger partial charge in [0.15, 0.2) is 0 Å². The molecular weight excluding hydrogens is 280 g/mol. The number of aromatic amines is 1. The van der Waals surface area contributed by atoms with E-state index in [0.717, 1.165) is 5.56 Å². The van der Waals surface area contributed by atoms with Crippen LogP contribution in [0, 0.1) is 0 Å². The van der Waals surface area contributed by atoms with Crippen LogP contribution in [0.5, 0.6) is 0 Å². The summed E-state index contributed by atoms with van der Waals surface area (Å²) in [7, 11) is 0. The Morgan fingerprint density at radius 1 is 1.45 bits per heavy atom. The van der Waals surface area contributed by atoms with Crippen molar-refractivity contribution in [3.8, 4) is 0 Å². The van der Waals surface area contributed by atoms with E-state index in [1.807, 2.05) is 12.1 Å². The van der Waals surface area contributed by atoms with E-state index in [9.17, 15) is 9.90 Å². The third-order valence-electron chi connectivity index (χ3n) is 3.34. The third-order valence-corrected chi connectivity index (χ3v) is 3.57. The van der Waals surface area contributed by atoms with E-state index in [-0.39, 0.29) is 17.4 Å². The fraction of sp³-hybridized carbons (Fsp3) is 0.231. The number of aliphatic hydroxyl groups is 1. The molecule has 0 radical (unpaired) electrons. The summed E-state index contributed by atoms with van der Waals surface area (Å²) in [6.45, 7) is 0. The number of anilines is 2. The van der Waals surface area contributed by atoms with Gasteiger partial charge in [-0.25, -0.2) is 0 Å². The molecule has 0 bridgehead atoms. The number of aromatic nitrogens is 2. The largest absolute Gasteiger partial charge is 0.374 e. The van der Waals surface area contributed by atoms with Crippen LogP contribution in [0.2, 0.25) is 5.02 Å². The number of aliphatic hydroxyl groups excluding tert-OH is 1. The zero-order valence-corrected chi connectivity index (χ0v) is 11.2. The molecule has 0 aliphatic carbocycles. The zero-order valence-electron chi connectivity index (χ0n) is 10.4. The molecule has 6 nitrogen and oxygen atoms in total. The maximum absolute atomic E-state index is 12.1. The van der Waals surface area contributed by atoms with Gasteiger partial charge in [0.25, 0.3) is 5.56 Å². The van der Waals surface area contributed by atoms with Crippen molar-refractivity contribution in [3.05, 3.63) is 50.8 Å². The minimum absolute atomic E-state index is 0.0141. The minimum atomic E-state index is -0.791. The van der Waals surface area contributed by atoms with Gasteiger partial charge in [-0.1, -0.05) is 23.7 Å². The molecule has 0 fully saturated rings. The second-order valence-corrected chi connectivity index (χ2v) is 5.15. The summed E-state index contributed by atoms with van der Waals surface area (Å²) in [6.07, 6.45) is -0.428. The average molecular weight is 293 g/mol. The lowest BCUT2D eigenvalue weighted by Crippen LogP contribution is -2.34. The van der Waals surface area contributed by atoms with Crippen molar-refractivity contribution in [3.63, 3.8) is 0 Å². The van der Waals surface area contributed by atoms with Crippen LogP contribution in [-0.2, 0) is 0 Å². The quantitative estimate of drug-likeness (QED) is 0.634. The number of nitrogens with one attached hydrogen (secondary N) is 2. The van der Waals surface area contributed by atoms with Crippen LogP contribution in [-0.4, -0.2) is 21.3 Å². The van der Waals surface area contributed by atoms with Crippen molar-refractivity contribution in [1.82, 2.24) is 9.97 Å². The lowest BCUT2D eigenvalue weighted by atomic mass is 9.86. The molecule has 0 spiro atoms. The fourth-order valence-corrected chi connectivity index (χ4v) is 2.72. The smallest absolute Gasteiger partial charge is 0.258 e. The van der Waals surface area contributed by atoms with Gasteiger partial charge < -0.3 is 16.2 Å². The van der Waals surface area contributed by atoms with Gasteiger partial charge in [0.2, 0.25) is 5.95 Å². The zero-order chi connectivity index (χ0) is 14.3. The van der Waals surface area contributed by atoms with Gasteiger partial charge in [-0.3, -0.25) is 9.78 Å². The summed E-state index contributed by atoms with van der Waals surface area (Å²) in [5.74, 6) is 0.0481. The molecule has 104 valence electrons. The van der Waals surface area contributed by atoms with E-state index in [2.05, 4.69) is 15.3 Å². The Balaban J connectivity index is 2.17. The summed E-state index contributed by atoms with van der Waals surface area (Å²) < 4.78 is 0. The third kappa shape index (κ3) is 2.23. The highest BCUT2D eigenvalue weighted by Gasteiger charge is 2.30. The van der Waals surface area contributed by atoms with Gasteiger partial charge in [0, 0.05) is 17.4 Å². The van der Waals surface area contributed by atoms with Crippen LogP contribution in [0.1, 0.15) is 23.5 Å². The van der Waals surface area contributed by atoms with Crippen molar-refractivity contribution in [2.24, 2.45) is 0 Å². The Kier molecular flexibility index (Phi) is 3.11. The topological polar surface area (TPSA) is 104 Å². The molecule has 7 heteroatoms. The average Bonchev–Trinajstić information content (AvgIpc) is 2.36. The van der Waals surface area contributed by atoms with Crippen molar-refractivity contribution in [2.45, 2.75) is 18.6 Å². The van der Waals surface area contributed by atoms with Gasteiger partial charge in [-0.15, -0.1) is 0 Å². The van der Waals surface area contributed by atoms with E-state index >= 15 is 0 Å². The van der Waals surface area contributed by atoms with Crippen molar-refractivity contribution >= 4 is 23.4 Å². The van der Waals surface area contributed by atoms with E-state index in [4.69, 9.17) is 17.3 Å². The number of rotatable bonds is 1. The predicted molar refractivity (Wildman–Crippen MR) is 76.8 cm³/mol. The Bertz CT molecular complexity index is 716. The molecule has 2 heterocycles. The number of nitrogens with zero attached hydrogens (tertiary/aromatic N) is 1. The lowest BCUT2D eigenvalue weighted by molar-refractivity contribution is 0.181. The number of fused-ring (bicyclic) bond motifs is 1. The van der Waals surface area contributed by atoms with Crippen LogP contribution in [0.3, 0.4) is 0 Å². The van der Waals surface area contributed by atoms with Crippen LogP contribution in [0.15, 0.2) is 29.1 Å². The Morgan fingerprint density at radius 2 is 2.25 bits per heavy atom. The number of hydrogen-bond acceptors (Lipinski definition) is 5. The molecule has 1 aliphatic rings. The maximum atomic E-state index is 12.1. The molecule has 20 heavy (non-hydrogen) atoms. The number of nitrogens with two attached hydrogens (primary N) is 1. The number of hydrogen-bond donors (Lipinski definition) is 4. The molecule has 3 rings (SSSR count). The van der Waals surface area contributed by atoms with Gasteiger partial charge >= 0.3 is 0 Å². The first-order valence-electron chi connectivity index (χ1n) is 6.14. The summed E-state index contributed by atoms with van der Waals surface area (Å²) in [6, 6.07) is 7.22. The van der Waals surface area contributed by atoms with Crippen LogP contribution < -0.4 is 16.6 Å². The van der Waals surface area contributed by atoms with Crippen molar-refractivity contribution < 1.29 is 5.11 Å². The molecule has 1 aromatic carbocycles. The lowest BCUT2D eigenvalue weighted by Gasteiger charge is -2.29. The highest BCUT2D eigenvalue weighted by Crippen LogP contribution is 2.35. The molecule has 1 aromatic heterocycles. The van der Waals surface area contributed by atoms with E-state index < -0.39 is 6.23 Å². The van der Waals surface area contributed by atoms with Crippen LogP contribution >= 0.6 is 11.6 Å². The summed E-state index contributed by atoms with van der Waals surface area (Å²) in [5.41, 5.74) is 6.54. The van der Waals surface area contributed by atoms with Crippen LogP contribution in [0.25, 0.3) is 0 Å². The minimum Gasteiger partial charge on any atom is -0.374 e. The molecule has 2 aromatic rings. The van der Waals surface area contributed by atoms with E-state index in [0.29, 0.717) is 22.8 Å². The Hall–Kier alpha value is -2.05. The van der Waals surface area contributed by atoms with Gasteiger partial charge in [0.1, 0.15) is 12.0 Å². The van der Waals surface area contributed by atoms with Crippen LogP contribution in [0.4, 0.5) is 11.8 Å². The van der Waals surface area contributed by atoms with Gasteiger partial charge in [0.05, 0.1) is 5.56 Å². The van der Waals surface area contributed by atoms with E-state index in [1.165, 1.54) is 0 Å². The number of nitrogen functional groups attached to an aromatic ring is 1. The summed E-state index contributed by atoms with van der Waals surface area (Å²) >= 11 is 5.99. The summed E-state index contributed by atoms with van der Waals surface area (Å²) in [5, 5.41) is 13.2. The molecule has 0 saturated carbocycles. The number of benzene rings is 1. The Morgan fingerprint density at radius 3 is 3.00 bits per heavy atom. The summed E-state index contributed by atoms with van der Waals surface area (Å²) in [4.78, 5) is 18.7. The monoisotopic (exact) mass is 292 g/mol. The first kappa shape index (κ1) is 13.0. The molecule has 0 saturated heterocycles. The highest BCUT2D eigenvalue weighted by atomic mass is 35.5. The van der Waals surface area contributed by atoms with Crippen molar-refractivity contribution in [1.29, 1.82) is 0 Å². The van der Waals surface area contributed by atoms with Crippen molar-refractivity contribution in [2.75, 3.05) is 11.1 Å². The maximum Gasteiger partial charge on any atom is 0.258 e. The Labute approximate surface area is 119 Å². The molecule has 2 atom stereocenters. The SMILES string of the molecule is Nc1nc2c(c(=O)[nH]1)C(c1cccc(Cl)c1)CC(O)N2. The highest BCUT2D eigenvalue weighted by molar-refractivity contribution is 6.30. The fourth-order valence-electron chi connectivity index (χ4n) is 2.52. The molecule has 2 unspecified atom stereocenters. The molecular formula is C13H13ClN4O2. The second kappa shape index (κ2) is 4.81. The number of halogens is 1.